The number of hydrogen-bond acceptors (Lipinski definition) is 2. The Hall–Kier alpha value is -1.85. The highest BCUT2D eigenvalue weighted by molar-refractivity contribution is 5.35. The number of nitrogens with one attached hydrogen (secondary N) is 1. The van der Waals surface area contributed by atoms with E-state index < -0.39 is 11.7 Å². The summed E-state index contributed by atoms with van der Waals surface area (Å²) in [6, 6.07) is 13.8. The van der Waals surface area contributed by atoms with Crippen LogP contribution in [0.5, 0.6) is 0 Å². The van der Waals surface area contributed by atoms with Crippen LogP contribution in [0.3, 0.4) is 0 Å². The number of piperazine rings is 1. The molecule has 1 aliphatic rings. The average Bonchev–Trinajstić information content (AvgIpc) is 2.58. The molecule has 1 saturated heterocycles. The van der Waals surface area contributed by atoms with Crippen LogP contribution in [0.15, 0.2) is 48.5 Å². The summed E-state index contributed by atoms with van der Waals surface area (Å²) in [6.07, 6.45) is -4.30. The molecule has 0 saturated carbocycles. The van der Waals surface area contributed by atoms with Crippen LogP contribution in [0, 0.1) is 6.92 Å². The third kappa shape index (κ3) is 3.79. The summed E-state index contributed by atoms with van der Waals surface area (Å²) in [4.78, 5) is 2.32. The van der Waals surface area contributed by atoms with Gasteiger partial charge in [0.05, 0.1) is 11.6 Å². The van der Waals surface area contributed by atoms with Crippen molar-refractivity contribution in [1.29, 1.82) is 0 Å². The summed E-state index contributed by atoms with van der Waals surface area (Å²) >= 11 is 0. The second-order valence-electron chi connectivity index (χ2n) is 6.22. The minimum Gasteiger partial charge on any atom is -0.314 e. The lowest BCUT2D eigenvalue weighted by molar-refractivity contribution is -0.137. The zero-order valence-electron chi connectivity index (χ0n) is 13.6. The Labute approximate surface area is 140 Å². The topological polar surface area (TPSA) is 15.3 Å². The van der Waals surface area contributed by atoms with Crippen molar-refractivity contribution in [3.63, 3.8) is 0 Å². The van der Waals surface area contributed by atoms with E-state index in [1.165, 1.54) is 17.7 Å². The molecule has 1 N–H and O–H groups in total. The Bertz CT molecular complexity index is 657. The Morgan fingerprint density at radius 2 is 1.38 bits per heavy atom. The molecule has 1 unspecified atom stereocenters. The van der Waals surface area contributed by atoms with Crippen molar-refractivity contribution < 1.29 is 13.2 Å². The van der Waals surface area contributed by atoms with E-state index in [1.807, 2.05) is 6.92 Å². The van der Waals surface area contributed by atoms with Crippen LogP contribution in [0.4, 0.5) is 13.2 Å². The third-order valence-corrected chi connectivity index (χ3v) is 4.46. The van der Waals surface area contributed by atoms with Crippen molar-refractivity contribution in [1.82, 2.24) is 10.2 Å². The number of benzene rings is 2. The first-order valence-corrected chi connectivity index (χ1v) is 8.13. The zero-order chi connectivity index (χ0) is 17.2. The lowest BCUT2D eigenvalue weighted by Gasteiger charge is -2.35. The number of hydrogen-bond donors (Lipinski definition) is 1. The largest absolute Gasteiger partial charge is 0.416 e. The van der Waals surface area contributed by atoms with E-state index in [0.717, 1.165) is 37.3 Å². The van der Waals surface area contributed by atoms with Gasteiger partial charge in [0, 0.05) is 26.2 Å². The van der Waals surface area contributed by atoms with E-state index in [2.05, 4.69) is 34.5 Å². The molecule has 0 radical (unpaired) electrons. The van der Waals surface area contributed by atoms with Crippen molar-refractivity contribution >= 4 is 0 Å². The van der Waals surface area contributed by atoms with Gasteiger partial charge in [0.2, 0.25) is 0 Å². The molecule has 1 aliphatic heterocycles. The Morgan fingerprint density at radius 3 is 1.88 bits per heavy atom. The quantitative estimate of drug-likeness (QED) is 0.912. The van der Waals surface area contributed by atoms with Crippen LogP contribution >= 0.6 is 0 Å². The molecule has 128 valence electrons. The van der Waals surface area contributed by atoms with Crippen LogP contribution in [-0.4, -0.2) is 31.1 Å². The van der Waals surface area contributed by atoms with Crippen LogP contribution < -0.4 is 5.32 Å². The molecule has 3 rings (SSSR count). The maximum absolute atomic E-state index is 12.8. The van der Waals surface area contributed by atoms with E-state index in [0.29, 0.717) is 0 Å². The molecule has 0 spiro atoms. The van der Waals surface area contributed by atoms with Gasteiger partial charge in [-0.15, -0.1) is 0 Å². The monoisotopic (exact) mass is 334 g/mol. The zero-order valence-corrected chi connectivity index (χ0v) is 13.6. The summed E-state index contributed by atoms with van der Waals surface area (Å²) in [5.74, 6) is 0. The lowest BCUT2D eigenvalue weighted by Crippen LogP contribution is -2.45. The predicted molar refractivity (Wildman–Crippen MR) is 88.9 cm³/mol. The van der Waals surface area contributed by atoms with Crippen molar-refractivity contribution in [3.8, 4) is 0 Å². The van der Waals surface area contributed by atoms with Crippen molar-refractivity contribution in [2.75, 3.05) is 26.2 Å². The summed E-state index contributed by atoms with van der Waals surface area (Å²) in [5, 5.41) is 3.32. The SMILES string of the molecule is Cc1ccc(C(c2ccc(C(F)(F)F)cc2)N2CCNCC2)cc1. The highest BCUT2D eigenvalue weighted by Crippen LogP contribution is 2.33. The Balaban J connectivity index is 1.96. The second kappa shape index (κ2) is 6.95. The Morgan fingerprint density at radius 1 is 0.875 bits per heavy atom. The van der Waals surface area contributed by atoms with Crippen LogP contribution in [0.1, 0.15) is 28.3 Å². The maximum Gasteiger partial charge on any atom is 0.416 e. The molecule has 1 heterocycles. The molecule has 0 aliphatic carbocycles. The average molecular weight is 334 g/mol. The molecule has 0 aromatic heterocycles. The van der Waals surface area contributed by atoms with E-state index >= 15 is 0 Å². The molecule has 2 nitrogen and oxygen atoms in total. The number of nitrogens with zero attached hydrogens (tertiary/aromatic N) is 1. The van der Waals surface area contributed by atoms with E-state index in [-0.39, 0.29) is 6.04 Å². The van der Waals surface area contributed by atoms with Gasteiger partial charge in [-0.25, -0.2) is 0 Å². The minimum absolute atomic E-state index is 0.0185. The van der Waals surface area contributed by atoms with E-state index in [1.54, 1.807) is 12.1 Å². The van der Waals surface area contributed by atoms with Crippen molar-refractivity contribution in [2.45, 2.75) is 19.1 Å². The number of alkyl halides is 3. The predicted octanol–water partition coefficient (Wildman–Crippen LogP) is 4.01. The van der Waals surface area contributed by atoms with Gasteiger partial charge in [0.1, 0.15) is 0 Å². The van der Waals surface area contributed by atoms with Gasteiger partial charge in [0.25, 0.3) is 0 Å². The van der Waals surface area contributed by atoms with Gasteiger partial charge in [-0.05, 0) is 30.2 Å². The van der Waals surface area contributed by atoms with Crippen molar-refractivity contribution in [3.05, 3.63) is 70.8 Å². The Kier molecular flexibility index (Phi) is 4.92. The second-order valence-corrected chi connectivity index (χ2v) is 6.22. The first-order chi connectivity index (χ1) is 11.4. The maximum atomic E-state index is 12.8. The lowest BCUT2D eigenvalue weighted by atomic mass is 9.95. The molecule has 1 atom stereocenters. The minimum atomic E-state index is -4.30. The van der Waals surface area contributed by atoms with Crippen LogP contribution in [-0.2, 0) is 6.18 Å². The molecule has 2 aromatic rings. The highest BCUT2D eigenvalue weighted by Gasteiger charge is 2.31. The number of aryl methyl sites for hydroxylation is 1. The van der Waals surface area contributed by atoms with Gasteiger partial charge in [-0.2, -0.15) is 13.2 Å². The highest BCUT2D eigenvalue weighted by atomic mass is 19.4. The van der Waals surface area contributed by atoms with Crippen LogP contribution in [0.25, 0.3) is 0 Å². The van der Waals surface area contributed by atoms with Gasteiger partial charge >= 0.3 is 6.18 Å². The molecule has 1 fully saturated rings. The fourth-order valence-electron chi connectivity index (χ4n) is 3.16. The van der Waals surface area contributed by atoms with Crippen LogP contribution in [0.2, 0.25) is 0 Å². The number of rotatable bonds is 3. The fourth-order valence-corrected chi connectivity index (χ4v) is 3.16. The normalized spacial score (nSPS) is 17.7. The molecule has 0 bridgehead atoms. The van der Waals surface area contributed by atoms with E-state index in [9.17, 15) is 13.2 Å². The van der Waals surface area contributed by atoms with Gasteiger partial charge in [-0.3, -0.25) is 4.90 Å². The standard InChI is InChI=1S/C19H21F3N2/c1-14-2-4-15(5-3-14)18(24-12-10-23-11-13-24)16-6-8-17(9-7-16)19(20,21)22/h2-9,18,23H,10-13H2,1H3. The summed E-state index contributed by atoms with van der Waals surface area (Å²) in [7, 11) is 0. The van der Waals surface area contributed by atoms with E-state index in [4.69, 9.17) is 0 Å². The summed E-state index contributed by atoms with van der Waals surface area (Å²) in [6.45, 7) is 5.56. The molecule has 2 aromatic carbocycles. The first kappa shape index (κ1) is 17.0. The van der Waals surface area contributed by atoms with Gasteiger partial charge < -0.3 is 5.32 Å². The van der Waals surface area contributed by atoms with Gasteiger partial charge in [0.15, 0.2) is 0 Å². The smallest absolute Gasteiger partial charge is 0.314 e. The van der Waals surface area contributed by atoms with Crippen molar-refractivity contribution in [2.24, 2.45) is 0 Å². The summed E-state index contributed by atoms with van der Waals surface area (Å²) < 4.78 is 38.5. The fraction of sp³-hybridized carbons (Fsp3) is 0.368. The molecular formula is C19H21F3N2. The summed E-state index contributed by atoms with van der Waals surface area (Å²) in [5.41, 5.74) is 2.58. The molecular weight excluding hydrogens is 313 g/mol. The third-order valence-electron chi connectivity index (χ3n) is 4.46. The molecule has 5 heteroatoms. The molecule has 0 amide bonds. The number of halogens is 3. The molecule has 24 heavy (non-hydrogen) atoms. The van der Waals surface area contributed by atoms with Gasteiger partial charge in [-0.1, -0.05) is 42.0 Å². The first-order valence-electron chi connectivity index (χ1n) is 8.13.